The van der Waals surface area contributed by atoms with Crippen molar-refractivity contribution in [1.82, 2.24) is 5.32 Å². The Morgan fingerprint density at radius 3 is 1.19 bits per heavy atom. The molecule has 520 valence electrons. The van der Waals surface area contributed by atoms with Crippen molar-refractivity contribution in [1.29, 1.82) is 0 Å². The van der Waals surface area contributed by atoms with Gasteiger partial charge in [-0.15, -0.1) is 0 Å². The minimum absolute atomic E-state index is 0.109. The van der Waals surface area contributed by atoms with E-state index < -0.39 is 67.4 Å². The second kappa shape index (κ2) is 65.8. The Morgan fingerprint density at radius 2 is 0.791 bits per heavy atom. The molecular formula is C80H135NO10. The van der Waals surface area contributed by atoms with Crippen LogP contribution in [-0.4, -0.2) is 99.6 Å². The van der Waals surface area contributed by atoms with Gasteiger partial charge in [0.05, 0.1) is 25.4 Å². The van der Waals surface area contributed by atoms with Gasteiger partial charge in [0.1, 0.15) is 24.4 Å². The monoisotopic (exact) mass is 1270 g/mol. The molecule has 0 bridgehead atoms. The van der Waals surface area contributed by atoms with Crippen molar-refractivity contribution in [3.63, 3.8) is 0 Å². The second-order valence-corrected chi connectivity index (χ2v) is 24.9. The minimum Gasteiger partial charge on any atom is -0.454 e. The van der Waals surface area contributed by atoms with Crippen LogP contribution in [0.25, 0.3) is 0 Å². The fraction of sp³-hybridized carbons (Fsp3) is 0.700. The van der Waals surface area contributed by atoms with E-state index in [1.807, 2.05) is 6.08 Å². The summed E-state index contributed by atoms with van der Waals surface area (Å²) in [7, 11) is 0. The summed E-state index contributed by atoms with van der Waals surface area (Å²) in [6, 6.07) is -1.04. The number of nitrogens with one attached hydrogen (secondary N) is 1. The second-order valence-electron chi connectivity index (χ2n) is 24.9. The maximum absolute atomic E-state index is 13.5. The number of aliphatic hydroxyl groups excluding tert-OH is 5. The first-order chi connectivity index (χ1) is 44.7. The van der Waals surface area contributed by atoms with Crippen molar-refractivity contribution in [3.8, 4) is 0 Å². The van der Waals surface area contributed by atoms with Crippen LogP contribution < -0.4 is 5.32 Å². The maximum Gasteiger partial charge on any atom is 0.306 e. The van der Waals surface area contributed by atoms with Crippen molar-refractivity contribution >= 4 is 11.9 Å². The molecule has 0 spiro atoms. The third-order valence-corrected chi connectivity index (χ3v) is 16.5. The van der Waals surface area contributed by atoms with Gasteiger partial charge in [0.25, 0.3) is 0 Å². The molecule has 1 aliphatic rings. The molecule has 8 unspecified atom stereocenters. The predicted molar refractivity (Wildman–Crippen MR) is 384 cm³/mol. The normalized spacial score (nSPS) is 18.8. The Kier molecular flexibility index (Phi) is 61.4. The summed E-state index contributed by atoms with van der Waals surface area (Å²) < 4.78 is 17.7. The predicted octanol–water partition coefficient (Wildman–Crippen LogP) is 19.5. The first-order valence-corrected chi connectivity index (χ1v) is 37.0. The van der Waals surface area contributed by atoms with Gasteiger partial charge in [-0.1, -0.05) is 309 Å². The summed E-state index contributed by atoms with van der Waals surface area (Å²) in [5.41, 5.74) is 0. The quantitative estimate of drug-likeness (QED) is 0.0195. The summed E-state index contributed by atoms with van der Waals surface area (Å²) in [6.45, 7) is 5.58. The number of allylic oxidation sites excluding steroid dienone is 21. The minimum atomic E-state index is -1.63. The highest BCUT2D eigenvalue weighted by Gasteiger charge is 2.47. The number of aliphatic hydroxyl groups is 5. The fourth-order valence-corrected chi connectivity index (χ4v) is 10.8. The van der Waals surface area contributed by atoms with Gasteiger partial charge in [0.15, 0.2) is 12.4 Å². The van der Waals surface area contributed by atoms with Gasteiger partial charge in [-0.25, -0.2) is 0 Å². The zero-order valence-electron chi connectivity index (χ0n) is 57.9. The third-order valence-electron chi connectivity index (χ3n) is 16.5. The van der Waals surface area contributed by atoms with Crippen molar-refractivity contribution in [2.24, 2.45) is 0 Å². The highest BCUT2D eigenvalue weighted by atomic mass is 16.7. The standard InChI is InChI=1S/C80H135NO10/c1-4-7-10-13-16-19-22-25-27-29-31-33-35-37-39-41-43-45-47-50-53-56-59-62-65-68-75(85)91-78-77(87)76(86)74(69-82)90-80(78)89-70-71(72(83)66-63-60-57-54-51-48-24-21-18-15-12-9-6-3)81-79(88)73(84)67-64-61-58-55-52-49-46-44-42-40-38-36-34-32-30-28-26-23-20-17-14-11-8-5-2/h7-8,10-11,16-17,19-20,25-28,31-34,37-40,63,66,71-74,76-78,80,82-84,86-87H,4-6,9,12-15,18,21-24,29-30,35-36,41-62,64-65,67-70H2,1-3H3,(H,81,88)/b10-7-,11-8-,19-16-,20-17-,27-25-,28-26-,33-31-,34-32-,39-37-,40-38-,66-63+. The van der Waals surface area contributed by atoms with Crippen molar-refractivity contribution < 1.29 is 49.3 Å². The molecule has 11 heteroatoms. The van der Waals surface area contributed by atoms with Gasteiger partial charge >= 0.3 is 5.97 Å². The van der Waals surface area contributed by atoms with Crippen molar-refractivity contribution in [2.45, 2.75) is 346 Å². The van der Waals surface area contributed by atoms with Crippen LogP contribution in [0.15, 0.2) is 134 Å². The van der Waals surface area contributed by atoms with Gasteiger partial charge in [-0.05, 0) is 116 Å². The molecule has 1 rings (SSSR count). The zero-order chi connectivity index (χ0) is 66.0. The molecule has 1 heterocycles. The lowest BCUT2D eigenvalue weighted by atomic mass is 9.99. The van der Waals surface area contributed by atoms with E-state index >= 15 is 0 Å². The van der Waals surface area contributed by atoms with E-state index in [1.54, 1.807) is 6.08 Å². The van der Waals surface area contributed by atoms with Crippen LogP contribution in [0.3, 0.4) is 0 Å². The number of carbonyl (C=O) groups is 2. The first kappa shape index (κ1) is 84.8. The first-order valence-electron chi connectivity index (χ1n) is 37.0. The van der Waals surface area contributed by atoms with Gasteiger partial charge in [0, 0.05) is 6.42 Å². The number of carbonyl (C=O) groups excluding carboxylic acids is 2. The maximum atomic E-state index is 13.5. The summed E-state index contributed by atoms with van der Waals surface area (Å²) in [4.78, 5) is 26.7. The molecule has 1 saturated heterocycles. The van der Waals surface area contributed by atoms with Crippen molar-refractivity contribution in [2.75, 3.05) is 13.2 Å². The van der Waals surface area contributed by atoms with E-state index in [9.17, 15) is 35.1 Å². The number of ether oxygens (including phenoxy) is 3. The van der Waals surface area contributed by atoms with Crippen LogP contribution >= 0.6 is 0 Å². The molecule has 1 amide bonds. The summed E-state index contributed by atoms with van der Waals surface area (Å²) in [6.07, 6.45) is 83.3. The molecule has 91 heavy (non-hydrogen) atoms. The lowest BCUT2D eigenvalue weighted by Crippen LogP contribution is -2.61. The van der Waals surface area contributed by atoms with E-state index in [2.05, 4.69) is 148 Å². The van der Waals surface area contributed by atoms with Gasteiger partial charge < -0.3 is 45.1 Å². The Hall–Kier alpha value is -4.20. The molecule has 6 N–H and O–H groups in total. The van der Waals surface area contributed by atoms with E-state index in [4.69, 9.17) is 14.2 Å². The largest absolute Gasteiger partial charge is 0.454 e. The molecule has 1 aliphatic heterocycles. The molecule has 0 saturated carbocycles. The molecule has 11 nitrogen and oxygen atoms in total. The summed E-state index contributed by atoms with van der Waals surface area (Å²) in [5.74, 6) is -1.21. The SMILES string of the molecule is CC/C=C\C/C=C\C/C=C\C/C=C\C/C=C\CCCCCCCCCCCC(=O)OC1C(OCC(NC(=O)C(O)CCCCCCCCCC/C=C\C/C=C\C/C=C\C/C=C\C/C=C\CC)C(O)/C=C/CCCCCCCCCCCCC)OC(CO)C(O)C1O. The van der Waals surface area contributed by atoms with E-state index in [0.717, 1.165) is 148 Å². The Labute approximate surface area is 556 Å². The third kappa shape index (κ3) is 52.8. The summed E-state index contributed by atoms with van der Waals surface area (Å²) in [5, 5.41) is 57.4. The molecule has 0 aromatic carbocycles. The van der Waals surface area contributed by atoms with E-state index in [-0.39, 0.29) is 19.4 Å². The average Bonchev–Trinajstić information content (AvgIpc) is 1.09. The van der Waals surface area contributed by atoms with Crippen LogP contribution in [0.4, 0.5) is 0 Å². The van der Waals surface area contributed by atoms with Gasteiger partial charge in [-0.3, -0.25) is 9.59 Å². The topological polar surface area (TPSA) is 175 Å². The van der Waals surface area contributed by atoms with Gasteiger partial charge in [0.2, 0.25) is 5.91 Å². The summed E-state index contributed by atoms with van der Waals surface area (Å²) >= 11 is 0. The molecule has 0 aromatic heterocycles. The highest BCUT2D eigenvalue weighted by molar-refractivity contribution is 5.80. The van der Waals surface area contributed by atoms with Gasteiger partial charge in [-0.2, -0.15) is 0 Å². The number of hydrogen-bond donors (Lipinski definition) is 6. The Morgan fingerprint density at radius 1 is 0.440 bits per heavy atom. The fourth-order valence-electron chi connectivity index (χ4n) is 10.8. The lowest BCUT2D eigenvalue weighted by Gasteiger charge is -2.41. The average molecular weight is 1270 g/mol. The Balaban J connectivity index is 2.59. The lowest BCUT2D eigenvalue weighted by molar-refractivity contribution is -0.305. The molecule has 0 radical (unpaired) electrons. The van der Waals surface area contributed by atoms with E-state index in [0.29, 0.717) is 12.8 Å². The number of hydrogen-bond acceptors (Lipinski definition) is 10. The highest BCUT2D eigenvalue weighted by Crippen LogP contribution is 2.26. The molecule has 8 atom stereocenters. The zero-order valence-corrected chi connectivity index (χ0v) is 57.9. The van der Waals surface area contributed by atoms with Crippen molar-refractivity contribution in [3.05, 3.63) is 134 Å². The molecule has 1 fully saturated rings. The van der Waals surface area contributed by atoms with Crippen LogP contribution in [0, 0.1) is 0 Å². The van der Waals surface area contributed by atoms with Crippen LogP contribution in [0.5, 0.6) is 0 Å². The molecule has 0 aliphatic carbocycles. The number of amides is 1. The number of rotatable bonds is 62. The smallest absolute Gasteiger partial charge is 0.306 e. The van der Waals surface area contributed by atoms with E-state index in [1.165, 1.54) is 103 Å². The van der Waals surface area contributed by atoms with Crippen LogP contribution in [-0.2, 0) is 23.8 Å². The number of unbranched alkanes of at least 4 members (excludes halogenated alkanes) is 28. The van der Waals surface area contributed by atoms with Crippen LogP contribution in [0.2, 0.25) is 0 Å². The van der Waals surface area contributed by atoms with Crippen LogP contribution in [0.1, 0.15) is 297 Å². The molecule has 0 aromatic rings. The Bertz CT molecular complexity index is 2000. The number of esters is 1. The molecular weight excluding hydrogens is 1130 g/mol.